The molecule has 18 heavy (non-hydrogen) atoms. The molecule has 5 aliphatic rings. The highest BCUT2D eigenvalue weighted by molar-refractivity contribution is 5.38. The van der Waals surface area contributed by atoms with E-state index in [2.05, 4.69) is 6.92 Å². The van der Waals surface area contributed by atoms with Crippen LogP contribution in [0, 0.1) is 40.4 Å². The average Bonchev–Trinajstić information content (AvgIpc) is 2.75. The zero-order valence-corrected chi connectivity index (χ0v) is 11.4. The highest BCUT2D eigenvalue weighted by atomic mass is 16.3. The molecule has 3 N–H and O–H groups in total. The summed E-state index contributed by atoms with van der Waals surface area (Å²) in [5.41, 5.74) is -0.558. The van der Waals surface area contributed by atoms with Gasteiger partial charge in [0.2, 0.25) is 0 Å². The standard InChI is InChI=1S/C15H24O3/c1-13(2,18)7-4-5-14(3)10-8(7)9-11(12(10)17)15(9,14)6-16/h7-12,16-18H,4-6H2,1-3H3/t7-,8+,9+,10+,11+,12-,14-,15+/m0/s1. The highest BCUT2D eigenvalue weighted by Gasteiger charge is 2.92. The van der Waals surface area contributed by atoms with Crippen LogP contribution in [0.4, 0.5) is 0 Å². The van der Waals surface area contributed by atoms with Crippen LogP contribution in [-0.2, 0) is 0 Å². The molecule has 0 aromatic rings. The molecule has 0 heterocycles. The largest absolute Gasteiger partial charge is 0.396 e. The van der Waals surface area contributed by atoms with Crippen LogP contribution >= 0.6 is 0 Å². The highest BCUT2D eigenvalue weighted by Crippen LogP contribution is 2.91. The van der Waals surface area contributed by atoms with E-state index in [0.717, 1.165) is 12.8 Å². The minimum absolute atomic E-state index is 0.0122. The Balaban J connectivity index is 1.81. The predicted octanol–water partition coefficient (Wildman–Crippen LogP) is 1.02. The molecular weight excluding hydrogens is 228 g/mol. The Bertz CT molecular complexity index is 414. The lowest BCUT2D eigenvalue weighted by Crippen LogP contribution is -2.46. The number of rotatable bonds is 2. The molecular formula is C15H24O3. The zero-order valence-electron chi connectivity index (χ0n) is 11.4. The first-order valence-electron chi connectivity index (χ1n) is 7.32. The van der Waals surface area contributed by atoms with Crippen LogP contribution in [-0.4, -0.2) is 33.6 Å². The third-order valence-electron chi connectivity index (χ3n) is 7.44. The van der Waals surface area contributed by atoms with Crippen LogP contribution in [0.15, 0.2) is 0 Å². The number of hydrogen-bond acceptors (Lipinski definition) is 3. The molecule has 6 bridgehead atoms. The maximum atomic E-state index is 10.5. The van der Waals surface area contributed by atoms with Crippen LogP contribution in [0.5, 0.6) is 0 Å². The van der Waals surface area contributed by atoms with Gasteiger partial charge in [-0.15, -0.1) is 0 Å². The average molecular weight is 252 g/mol. The molecule has 0 aliphatic heterocycles. The van der Waals surface area contributed by atoms with E-state index in [9.17, 15) is 15.3 Å². The minimum atomic E-state index is -0.660. The van der Waals surface area contributed by atoms with Gasteiger partial charge in [-0.2, -0.15) is 0 Å². The van der Waals surface area contributed by atoms with Crippen molar-refractivity contribution in [2.45, 2.75) is 45.3 Å². The van der Waals surface area contributed by atoms with Gasteiger partial charge in [0.05, 0.1) is 11.7 Å². The summed E-state index contributed by atoms with van der Waals surface area (Å²) in [5, 5.41) is 30.8. The molecule has 0 radical (unpaired) electrons. The summed E-state index contributed by atoms with van der Waals surface area (Å²) in [5.74, 6) is 1.80. The van der Waals surface area contributed by atoms with Crippen molar-refractivity contribution in [3.8, 4) is 0 Å². The van der Waals surface area contributed by atoms with Crippen molar-refractivity contribution in [1.29, 1.82) is 0 Å². The Hall–Kier alpha value is -0.120. The molecule has 8 atom stereocenters. The second-order valence-electron chi connectivity index (χ2n) is 8.06. The SMILES string of the molecule is CC(C)(O)[C@H]1CC[C@@]2(C)[C@H]3[C@H](O)[C@H]4[C@@H]([C@H]31)[C@]42CO. The number of aliphatic hydroxyl groups excluding tert-OH is 2. The van der Waals surface area contributed by atoms with Gasteiger partial charge in [-0.3, -0.25) is 0 Å². The van der Waals surface area contributed by atoms with Crippen LogP contribution in [0.3, 0.4) is 0 Å². The minimum Gasteiger partial charge on any atom is -0.396 e. The molecule has 5 saturated carbocycles. The van der Waals surface area contributed by atoms with Gasteiger partial charge in [0.1, 0.15) is 0 Å². The normalized spacial score (nSPS) is 64.3. The Kier molecular flexibility index (Phi) is 1.83. The summed E-state index contributed by atoms with van der Waals surface area (Å²) in [7, 11) is 0. The van der Waals surface area contributed by atoms with Crippen LogP contribution in [0.2, 0.25) is 0 Å². The molecule has 0 unspecified atom stereocenters. The maximum absolute atomic E-state index is 10.5. The monoisotopic (exact) mass is 252 g/mol. The van der Waals surface area contributed by atoms with E-state index in [0.29, 0.717) is 23.7 Å². The van der Waals surface area contributed by atoms with Crippen molar-refractivity contribution < 1.29 is 15.3 Å². The van der Waals surface area contributed by atoms with Crippen LogP contribution in [0.25, 0.3) is 0 Å². The van der Waals surface area contributed by atoms with E-state index in [1.165, 1.54) is 0 Å². The van der Waals surface area contributed by atoms with Gasteiger partial charge in [-0.1, -0.05) is 6.92 Å². The van der Waals surface area contributed by atoms with Crippen LogP contribution < -0.4 is 0 Å². The molecule has 0 saturated heterocycles. The topological polar surface area (TPSA) is 60.7 Å². The second-order valence-corrected chi connectivity index (χ2v) is 8.06. The molecule has 5 fully saturated rings. The second kappa shape index (κ2) is 2.82. The van der Waals surface area contributed by atoms with E-state index < -0.39 is 5.60 Å². The van der Waals surface area contributed by atoms with Crippen molar-refractivity contribution in [2.24, 2.45) is 40.4 Å². The van der Waals surface area contributed by atoms with Gasteiger partial charge in [-0.05, 0) is 61.7 Å². The fraction of sp³-hybridized carbons (Fsp3) is 1.00. The third-order valence-corrected chi connectivity index (χ3v) is 7.44. The Morgan fingerprint density at radius 1 is 1.22 bits per heavy atom. The molecule has 0 aromatic carbocycles. The lowest BCUT2D eigenvalue weighted by molar-refractivity contribution is -0.0725. The Morgan fingerprint density at radius 3 is 2.44 bits per heavy atom. The van der Waals surface area contributed by atoms with E-state index in [4.69, 9.17) is 0 Å². The molecule has 5 aliphatic carbocycles. The third kappa shape index (κ3) is 0.862. The van der Waals surface area contributed by atoms with Crippen molar-refractivity contribution in [1.82, 2.24) is 0 Å². The summed E-state index contributed by atoms with van der Waals surface area (Å²) in [4.78, 5) is 0. The molecule has 3 heteroatoms. The van der Waals surface area contributed by atoms with Gasteiger partial charge in [0.15, 0.2) is 0 Å². The summed E-state index contributed by atoms with van der Waals surface area (Å²) < 4.78 is 0. The Labute approximate surface area is 108 Å². The summed E-state index contributed by atoms with van der Waals surface area (Å²) in [6.45, 7) is 6.32. The fourth-order valence-electron chi connectivity index (χ4n) is 6.91. The van der Waals surface area contributed by atoms with Crippen molar-refractivity contribution in [3.63, 3.8) is 0 Å². The van der Waals surface area contributed by atoms with Gasteiger partial charge in [-0.25, -0.2) is 0 Å². The molecule has 5 rings (SSSR count). The first-order chi connectivity index (χ1) is 8.30. The van der Waals surface area contributed by atoms with Crippen molar-refractivity contribution in [3.05, 3.63) is 0 Å². The summed E-state index contributed by atoms with van der Waals surface area (Å²) in [6.07, 6.45) is 1.86. The van der Waals surface area contributed by atoms with Gasteiger partial charge < -0.3 is 15.3 Å². The molecule has 0 amide bonds. The van der Waals surface area contributed by atoms with Crippen molar-refractivity contribution in [2.75, 3.05) is 6.61 Å². The fourth-order valence-corrected chi connectivity index (χ4v) is 6.91. The van der Waals surface area contributed by atoms with Gasteiger partial charge in [0, 0.05) is 12.0 Å². The molecule has 0 spiro atoms. The van der Waals surface area contributed by atoms with E-state index in [-0.39, 0.29) is 29.5 Å². The van der Waals surface area contributed by atoms with E-state index in [1.807, 2.05) is 13.8 Å². The molecule has 3 nitrogen and oxygen atoms in total. The Morgan fingerprint density at radius 2 is 1.89 bits per heavy atom. The smallest absolute Gasteiger partial charge is 0.0622 e. The van der Waals surface area contributed by atoms with Crippen LogP contribution in [0.1, 0.15) is 33.6 Å². The lowest BCUT2D eigenvalue weighted by Gasteiger charge is -2.46. The molecule has 0 aromatic heterocycles. The lowest BCUT2D eigenvalue weighted by atomic mass is 9.60. The van der Waals surface area contributed by atoms with Gasteiger partial charge in [0.25, 0.3) is 0 Å². The molecule has 102 valence electrons. The zero-order chi connectivity index (χ0) is 13.1. The number of hydrogen-bond donors (Lipinski definition) is 3. The first kappa shape index (κ1) is 11.7. The van der Waals surface area contributed by atoms with E-state index >= 15 is 0 Å². The summed E-state index contributed by atoms with van der Waals surface area (Å²) >= 11 is 0. The van der Waals surface area contributed by atoms with Crippen molar-refractivity contribution >= 4 is 0 Å². The maximum Gasteiger partial charge on any atom is 0.0622 e. The summed E-state index contributed by atoms with van der Waals surface area (Å²) in [6, 6.07) is 0. The van der Waals surface area contributed by atoms with E-state index in [1.54, 1.807) is 0 Å². The quantitative estimate of drug-likeness (QED) is 0.687. The first-order valence-corrected chi connectivity index (χ1v) is 7.32. The predicted molar refractivity (Wildman–Crippen MR) is 66.6 cm³/mol. The van der Waals surface area contributed by atoms with Gasteiger partial charge >= 0.3 is 0 Å². The number of aliphatic hydroxyl groups is 3.